The van der Waals surface area contributed by atoms with Crippen LogP contribution in [0.15, 0.2) is 65.9 Å². The van der Waals surface area contributed by atoms with Gasteiger partial charge in [-0.05, 0) is 49.0 Å². The first-order valence-corrected chi connectivity index (χ1v) is 9.13. The number of carbonyl (C=O) groups excluding carboxylic acids is 2. The largest absolute Gasteiger partial charge is 0.466 e. The van der Waals surface area contributed by atoms with Crippen LogP contribution in [0.4, 0.5) is 5.69 Å². The predicted molar refractivity (Wildman–Crippen MR) is 112 cm³/mol. The lowest BCUT2D eigenvalue weighted by molar-refractivity contribution is -0.136. The van der Waals surface area contributed by atoms with Crippen molar-refractivity contribution in [2.45, 2.75) is 13.0 Å². The van der Waals surface area contributed by atoms with Crippen molar-refractivity contribution in [2.24, 2.45) is 0 Å². The Morgan fingerprint density at radius 2 is 1.86 bits per heavy atom. The van der Waals surface area contributed by atoms with Crippen LogP contribution < -0.4 is 10.6 Å². The molecule has 1 atom stereocenters. The van der Waals surface area contributed by atoms with Gasteiger partial charge in [0.2, 0.25) is 0 Å². The number of ether oxygens (including phenoxy) is 1. The highest BCUT2D eigenvalue weighted by Crippen LogP contribution is 2.31. The Morgan fingerprint density at radius 1 is 1.14 bits per heavy atom. The lowest BCUT2D eigenvalue weighted by Gasteiger charge is -2.35. The van der Waals surface area contributed by atoms with E-state index < -0.39 is 12.0 Å². The molecule has 0 aliphatic carbocycles. The number of nitrogens with zero attached hydrogens (tertiary/aromatic N) is 1. The van der Waals surface area contributed by atoms with Crippen LogP contribution in [0.3, 0.4) is 0 Å². The van der Waals surface area contributed by atoms with Gasteiger partial charge in [-0.3, -0.25) is 4.79 Å². The molecular formula is C21H21N3O3S. The number of nitrogens with one attached hydrogen (secondary N) is 2. The summed E-state index contributed by atoms with van der Waals surface area (Å²) in [6.45, 7) is 1.83. The molecular weight excluding hydrogens is 374 g/mol. The molecule has 28 heavy (non-hydrogen) atoms. The van der Waals surface area contributed by atoms with Gasteiger partial charge in [-0.1, -0.05) is 30.3 Å². The highest BCUT2D eigenvalue weighted by molar-refractivity contribution is 7.80. The number of benzene rings is 2. The second-order valence-corrected chi connectivity index (χ2v) is 6.76. The van der Waals surface area contributed by atoms with Gasteiger partial charge in [-0.2, -0.15) is 0 Å². The average Bonchev–Trinajstić information content (AvgIpc) is 2.72. The number of thiocarbonyl (C=S) groups is 1. The van der Waals surface area contributed by atoms with E-state index in [0.717, 1.165) is 11.3 Å². The fourth-order valence-electron chi connectivity index (χ4n) is 3.05. The summed E-state index contributed by atoms with van der Waals surface area (Å²) in [5.41, 5.74) is 3.18. The average molecular weight is 395 g/mol. The maximum atomic E-state index is 12.4. The SMILES string of the molecule is COC(=O)C1=C(C)N(C)C(=S)N[C@@H]1c1cccc(NC(=O)c2ccccc2)c1. The van der Waals surface area contributed by atoms with Crippen LogP contribution in [0.5, 0.6) is 0 Å². The lowest BCUT2D eigenvalue weighted by Crippen LogP contribution is -2.46. The summed E-state index contributed by atoms with van der Waals surface area (Å²) >= 11 is 5.38. The zero-order valence-electron chi connectivity index (χ0n) is 15.9. The molecule has 1 aliphatic rings. The van der Waals surface area contributed by atoms with E-state index in [4.69, 9.17) is 17.0 Å². The Labute approximate surface area is 169 Å². The van der Waals surface area contributed by atoms with Crippen LogP contribution in [-0.2, 0) is 9.53 Å². The Morgan fingerprint density at radius 3 is 2.54 bits per heavy atom. The van der Waals surface area contributed by atoms with Crippen LogP contribution in [0, 0.1) is 0 Å². The minimum atomic E-state index is -0.468. The van der Waals surface area contributed by atoms with Crippen molar-refractivity contribution >= 4 is 34.9 Å². The van der Waals surface area contributed by atoms with E-state index in [-0.39, 0.29) is 5.91 Å². The minimum Gasteiger partial charge on any atom is -0.466 e. The Bertz CT molecular complexity index is 956. The predicted octanol–water partition coefficient (Wildman–Crippen LogP) is 3.25. The van der Waals surface area contributed by atoms with E-state index in [9.17, 15) is 9.59 Å². The molecule has 1 heterocycles. The van der Waals surface area contributed by atoms with Crippen molar-refractivity contribution in [3.63, 3.8) is 0 Å². The number of carbonyl (C=O) groups is 2. The summed E-state index contributed by atoms with van der Waals surface area (Å²) in [5, 5.41) is 6.57. The van der Waals surface area contributed by atoms with Crippen molar-refractivity contribution in [3.8, 4) is 0 Å². The molecule has 3 rings (SSSR count). The number of allylic oxidation sites excluding steroid dienone is 1. The number of hydrogen-bond donors (Lipinski definition) is 2. The first kappa shape index (κ1) is 19.6. The monoisotopic (exact) mass is 395 g/mol. The van der Waals surface area contributed by atoms with Crippen LogP contribution in [0.1, 0.15) is 28.9 Å². The van der Waals surface area contributed by atoms with Gasteiger partial charge in [0, 0.05) is 24.0 Å². The van der Waals surface area contributed by atoms with Gasteiger partial charge in [0.25, 0.3) is 5.91 Å². The second kappa shape index (κ2) is 8.22. The molecule has 1 amide bonds. The minimum absolute atomic E-state index is 0.204. The zero-order valence-corrected chi connectivity index (χ0v) is 16.7. The van der Waals surface area contributed by atoms with Gasteiger partial charge in [0.1, 0.15) is 0 Å². The zero-order chi connectivity index (χ0) is 20.3. The van der Waals surface area contributed by atoms with Gasteiger partial charge < -0.3 is 20.3 Å². The van der Waals surface area contributed by atoms with Gasteiger partial charge in [0.05, 0.1) is 18.7 Å². The quantitative estimate of drug-likeness (QED) is 0.612. The van der Waals surface area contributed by atoms with Crippen molar-refractivity contribution in [2.75, 3.05) is 19.5 Å². The number of amides is 1. The third kappa shape index (κ3) is 3.89. The van der Waals surface area contributed by atoms with Crippen molar-refractivity contribution < 1.29 is 14.3 Å². The molecule has 0 saturated carbocycles. The number of hydrogen-bond acceptors (Lipinski definition) is 4. The number of methoxy groups -OCH3 is 1. The Kier molecular flexibility index (Phi) is 5.75. The topological polar surface area (TPSA) is 70.7 Å². The standard InChI is InChI=1S/C21H21N3O3S/c1-13-17(20(26)27-3)18(23-21(28)24(13)2)15-10-7-11-16(12-15)22-19(25)14-8-5-4-6-9-14/h4-12,18H,1-3H3,(H,22,25)(H,23,28)/t18-/m1/s1. The van der Waals surface area contributed by atoms with Crippen molar-refractivity contribution in [1.82, 2.24) is 10.2 Å². The molecule has 0 radical (unpaired) electrons. The summed E-state index contributed by atoms with van der Waals surface area (Å²) < 4.78 is 4.97. The van der Waals surface area contributed by atoms with E-state index in [1.807, 2.05) is 43.3 Å². The first-order chi connectivity index (χ1) is 13.4. The fraction of sp³-hybridized carbons (Fsp3) is 0.190. The highest BCUT2D eigenvalue weighted by Gasteiger charge is 2.33. The number of anilines is 1. The molecule has 0 bridgehead atoms. The second-order valence-electron chi connectivity index (χ2n) is 6.38. The summed E-state index contributed by atoms with van der Waals surface area (Å²) in [7, 11) is 3.14. The van der Waals surface area contributed by atoms with Crippen molar-refractivity contribution in [3.05, 3.63) is 77.0 Å². The van der Waals surface area contributed by atoms with E-state index in [2.05, 4.69) is 10.6 Å². The van der Waals surface area contributed by atoms with E-state index in [1.54, 1.807) is 30.1 Å². The van der Waals surface area contributed by atoms with E-state index in [1.165, 1.54) is 7.11 Å². The normalized spacial score (nSPS) is 16.5. The molecule has 144 valence electrons. The molecule has 2 aromatic rings. The van der Waals surface area contributed by atoms with Gasteiger partial charge >= 0.3 is 5.97 Å². The molecule has 0 spiro atoms. The van der Waals surface area contributed by atoms with Crippen LogP contribution in [0.2, 0.25) is 0 Å². The van der Waals surface area contributed by atoms with Gasteiger partial charge in [-0.25, -0.2) is 4.79 Å². The summed E-state index contributed by atoms with van der Waals surface area (Å²) in [4.78, 5) is 26.6. The smallest absolute Gasteiger partial charge is 0.337 e. The maximum Gasteiger partial charge on any atom is 0.337 e. The van der Waals surface area contributed by atoms with E-state index >= 15 is 0 Å². The Hall–Kier alpha value is -3.19. The van der Waals surface area contributed by atoms with E-state index in [0.29, 0.717) is 21.9 Å². The summed E-state index contributed by atoms with van der Waals surface area (Å²) in [6.07, 6.45) is 0. The molecule has 0 fully saturated rings. The molecule has 0 aromatic heterocycles. The number of rotatable bonds is 4. The fourth-order valence-corrected chi connectivity index (χ4v) is 3.30. The van der Waals surface area contributed by atoms with Crippen molar-refractivity contribution in [1.29, 1.82) is 0 Å². The van der Waals surface area contributed by atoms with Crippen LogP contribution in [-0.4, -0.2) is 36.0 Å². The van der Waals surface area contributed by atoms with Crippen LogP contribution >= 0.6 is 12.2 Å². The molecule has 0 saturated heterocycles. The van der Waals surface area contributed by atoms with Crippen LogP contribution in [0.25, 0.3) is 0 Å². The molecule has 7 heteroatoms. The molecule has 0 unspecified atom stereocenters. The maximum absolute atomic E-state index is 12.4. The lowest BCUT2D eigenvalue weighted by atomic mass is 9.95. The number of esters is 1. The molecule has 6 nitrogen and oxygen atoms in total. The first-order valence-electron chi connectivity index (χ1n) is 8.72. The summed E-state index contributed by atoms with van der Waals surface area (Å²) in [6, 6.07) is 15.8. The Balaban J connectivity index is 1.93. The third-order valence-electron chi connectivity index (χ3n) is 4.67. The molecule has 2 aromatic carbocycles. The summed E-state index contributed by atoms with van der Waals surface area (Å²) in [5.74, 6) is -0.632. The molecule has 1 aliphatic heterocycles. The van der Waals surface area contributed by atoms with Gasteiger partial charge in [-0.15, -0.1) is 0 Å². The molecule has 2 N–H and O–H groups in total. The third-order valence-corrected chi connectivity index (χ3v) is 5.06. The highest BCUT2D eigenvalue weighted by atomic mass is 32.1. The van der Waals surface area contributed by atoms with Gasteiger partial charge in [0.15, 0.2) is 5.11 Å².